The summed E-state index contributed by atoms with van der Waals surface area (Å²) in [4.78, 5) is 0. The summed E-state index contributed by atoms with van der Waals surface area (Å²) in [5.41, 5.74) is 4.45. The lowest BCUT2D eigenvalue weighted by Gasteiger charge is -2.47. The molecule has 2 aromatic rings. The van der Waals surface area contributed by atoms with Crippen LogP contribution < -0.4 is 0 Å². The summed E-state index contributed by atoms with van der Waals surface area (Å²) < 4.78 is 0. The minimum atomic E-state index is -0.595. The van der Waals surface area contributed by atoms with Crippen LogP contribution in [0.3, 0.4) is 0 Å². The third-order valence-electron chi connectivity index (χ3n) is 5.58. The van der Waals surface area contributed by atoms with Crippen molar-refractivity contribution < 1.29 is 0 Å². The molecule has 8 rings (SSSR count). The second-order valence-corrected chi connectivity index (χ2v) is 6.44. The van der Waals surface area contributed by atoms with Gasteiger partial charge in [-0.05, 0) is 22.3 Å². The molecule has 6 aliphatic rings. The quantitative estimate of drug-likeness (QED) is 0.660. The van der Waals surface area contributed by atoms with E-state index in [0.717, 1.165) is 0 Å². The zero-order valence-corrected chi connectivity index (χ0v) is 12.1. The minimum Gasteiger partial charge on any atom is -0.197 e. The van der Waals surface area contributed by atoms with Gasteiger partial charge in [-0.2, -0.15) is 5.26 Å². The highest BCUT2D eigenvalue weighted by Crippen LogP contribution is 2.56. The molecular weight excluding hydrogens is 266 g/mol. The largest absolute Gasteiger partial charge is 0.197 e. The van der Waals surface area contributed by atoms with Crippen molar-refractivity contribution in [2.45, 2.75) is 11.3 Å². The van der Waals surface area contributed by atoms with Crippen molar-refractivity contribution in [2.75, 3.05) is 0 Å². The Morgan fingerprint density at radius 1 is 0.773 bits per heavy atom. The van der Waals surface area contributed by atoms with Crippen molar-refractivity contribution in [3.63, 3.8) is 0 Å². The monoisotopic (exact) mass is 281 g/mol. The zero-order valence-electron chi connectivity index (χ0n) is 12.1. The molecule has 0 spiro atoms. The van der Waals surface area contributed by atoms with E-state index in [1.54, 1.807) is 0 Å². The van der Waals surface area contributed by atoms with Gasteiger partial charge in [0.25, 0.3) is 0 Å². The van der Waals surface area contributed by atoms with E-state index in [9.17, 15) is 5.26 Å². The molecule has 0 N–H and O–H groups in total. The van der Waals surface area contributed by atoms with Crippen LogP contribution in [0.15, 0.2) is 72.8 Å². The molecule has 0 aliphatic heterocycles. The molecule has 0 fully saturated rings. The number of rotatable bonds is 0. The van der Waals surface area contributed by atoms with Gasteiger partial charge in [-0.15, -0.1) is 0 Å². The molecule has 22 heavy (non-hydrogen) atoms. The van der Waals surface area contributed by atoms with Gasteiger partial charge >= 0.3 is 0 Å². The van der Waals surface area contributed by atoms with Crippen molar-refractivity contribution in [3.8, 4) is 6.07 Å². The number of benzene rings is 2. The van der Waals surface area contributed by atoms with E-state index in [1.807, 2.05) is 0 Å². The molecule has 0 saturated carbocycles. The van der Waals surface area contributed by atoms with Gasteiger partial charge < -0.3 is 0 Å². The molecule has 104 valence electrons. The van der Waals surface area contributed by atoms with Gasteiger partial charge in [0.15, 0.2) is 0 Å². The van der Waals surface area contributed by atoms with E-state index in [0.29, 0.717) is 11.8 Å². The van der Waals surface area contributed by atoms with Crippen molar-refractivity contribution in [1.29, 1.82) is 5.26 Å². The Kier molecular flexibility index (Phi) is 2.18. The average Bonchev–Trinajstić information content (AvgIpc) is 2.57. The maximum Gasteiger partial charge on any atom is 0.117 e. The van der Waals surface area contributed by atoms with E-state index >= 15 is 0 Å². The fourth-order valence-electron chi connectivity index (χ4n) is 4.67. The van der Waals surface area contributed by atoms with E-state index < -0.39 is 5.41 Å². The lowest BCUT2D eigenvalue weighted by molar-refractivity contribution is 0.468. The molecule has 0 saturated heterocycles. The molecule has 0 radical (unpaired) electrons. The SMILES string of the molecule is N#CC12c3ccccc3C(c3ccccc31)C1C=CC2C=C1. The third-order valence-corrected chi connectivity index (χ3v) is 5.58. The molecule has 4 bridgehead atoms. The third kappa shape index (κ3) is 1.20. The van der Waals surface area contributed by atoms with Crippen LogP contribution in [0, 0.1) is 23.2 Å². The lowest BCUT2D eigenvalue weighted by atomic mass is 9.53. The lowest BCUT2D eigenvalue weighted by Crippen LogP contribution is -2.43. The van der Waals surface area contributed by atoms with Crippen LogP contribution in [-0.2, 0) is 5.41 Å². The number of allylic oxidation sites excluding steroid dienone is 4. The summed E-state index contributed by atoms with van der Waals surface area (Å²) in [5.74, 6) is 0.815. The van der Waals surface area contributed by atoms with Gasteiger partial charge in [0.05, 0.1) is 6.07 Å². The number of nitriles is 1. The van der Waals surface area contributed by atoms with Gasteiger partial charge in [-0.1, -0.05) is 72.8 Å². The minimum absolute atomic E-state index is 0.109. The highest BCUT2D eigenvalue weighted by molar-refractivity contribution is 5.64. The molecule has 0 aromatic heterocycles. The Bertz CT molecular complexity index is 819. The first-order valence-electron chi connectivity index (χ1n) is 7.83. The normalized spacial score (nSPS) is 32.8. The molecular formula is C21H15N. The van der Waals surface area contributed by atoms with Crippen molar-refractivity contribution in [3.05, 3.63) is 95.1 Å². The van der Waals surface area contributed by atoms with E-state index in [1.165, 1.54) is 22.3 Å². The van der Waals surface area contributed by atoms with E-state index in [2.05, 4.69) is 78.9 Å². The smallest absolute Gasteiger partial charge is 0.117 e. The number of hydrogen-bond acceptors (Lipinski definition) is 1. The van der Waals surface area contributed by atoms with Crippen LogP contribution in [0.1, 0.15) is 28.2 Å². The Balaban J connectivity index is 2.00. The molecule has 0 atom stereocenters. The van der Waals surface area contributed by atoms with Crippen molar-refractivity contribution >= 4 is 0 Å². The predicted octanol–water partition coefficient (Wildman–Crippen LogP) is 4.31. The summed E-state index contributed by atoms with van der Waals surface area (Å²) in [7, 11) is 0. The summed E-state index contributed by atoms with van der Waals surface area (Å²) in [6.07, 6.45) is 9.08. The van der Waals surface area contributed by atoms with Gasteiger partial charge in [0.1, 0.15) is 5.41 Å². The van der Waals surface area contributed by atoms with E-state index in [-0.39, 0.29) is 5.92 Å². The first kappa shape index (κ1) is 12.0. The second-order valence-electron chi connectivity index (χ2n) is 6.44. The first-order valence-corrected chi connectivity index (χ1v) is 7.83. The average molecular weight is 281 g/mol. The summed E-state index contributed by atoms with van der Waals surface area (Å²) in [5, 5.41) is 10.3. The van der Waals surface area contributed by atoms with Crippen LogP contribution in [0.5, 0.6) is 0 Å². The Morgan fingerprint density at radius 2 is 1.32 bits per heavy atom. The first-order chi connectivity index (χ1) is 10.9. The van der Waals surface area contributed by atoms with E-state index in [4.69, 9.17) is 0 Å². The molecule has 1 nitrogen and oxygen atoms in total. The van der Waals surface area contributed by atoms with Crippen molar-refractivity contribution in [2.24, 2.45) is 11.8 Å². The molecule has 2 aromatic carbocycles. The van der Waals surface area contributed by atoms with Crippen LogP contribution in [0.4, 0.5) is 0 Å². The van der Waals surface area contributed by atoms with Crippen molar-refractivity contribution in [1.82, 2.24) is 0 Å². The molecule has 0 unspecified atom stereocenters. The Hall–Kier alpha value is -2.59. The maximum absolute atomic E-state index is 10.3. The predicted molar refractivity (Wildman–Crippen MR) is 86.4 cm³/mol. The van der Waals surface area contributed by atoms with Crippen LogP contribution >= 0.6 is 0 Å². The van der Waals surface area contributed by atoms with Crippen LogP contribution in [0.25, 0.3) is 0 Å². The molecule has 0 heterocycles. The zero-order chi connectivity index (χ0) is 14.7. The molecule has 0 amide bonds. The van der Waals surface area contributed by atoms with Gasteiger partial charge in [0, 0.05) is 17.8 Å². The van der Waals surface area contributed by atoms with Gasteiger partial charge in [-0.25, -0.2) is 0 Å². The Labute approximate surface area is 130 Å². The van der Waals surface area contributed by atoms with Crippen LogP contribution in [0.2, 0.25) is 0 Å². The number of hydrogen-bond donors (Lipinski definition) is 0. The fraction of sp³-hybridized carbons (Fsp3) is 0.190. The summed E-state index contributed by atoms with van der Waals surface area (Å²) >= 11 is 0. The highest BCUT2D eigenvalue weighted by Gasteiger charge is 2.51. The van der Waals surface area contributed by atoms with Gasteiger partial charge in [0.2, 0.25) is 0 Å². The summed E-state index contributed by atoms with van der Waals surface area (Å²) in [6.45, 7) is 0. The van der Waals surface area contributed by atoms with Crippen LogP contribution in [-0.4, -0.2) is 0 Å². The van der Waals surface area contributed by atoms with Gasteiger partial charge in [-0.3, -0.25) is 0 Å². The fourth-order valence-corrected chi connectivity index (χ4v) is 4.67. The maximum atomic E-state index is 10.3. The topological polar surface area (TPSA) is 23.8 Å². The Morgan fingerprint density at radius 3 is 1.86 bits per heavy atom. The number of nitrogens with zero attached hydrogens (tertiary/aromatic N) is 1. The standard InChI is InChI=1S/C21H15N/c22-13-21-15-11-9-14(10-12-15)20(16-5-1-3-7-18(16)21)17-6-2-4-8-19(17)21/h1-12,14-15,20H. The summed E-state index contributed by atoms with van der Waals surface area (Å²) in [6, 6.07) is 19.8. The molecule has 1 heteroatoms. The molecule has 6 aliphatic carbocycles. The second kappa shape index (κ2) is 3.99. The highest BCUT2D eigenvalue weighted by atomic mass is 14.5.